The maximum absolute atomic E-state index is 14.7. The van der Waals surface area contributed by atoms with Gasteiger partial charge in [-0.2, -0.15) is 0 Å². The van der Waals surface area contributed by atoms with Crippen LogP contribution in [0.4, 0.5) is 5.69 Å². The van der Waals surface area contributed by atoms with Crippen molar-refractivity contribution in [3.8, 4) is 0 Å². The van der Waals surface area contributed by atoms with Crippen molar-refractivity contribution >= 4 is 35.4 Å². The third kappa shape index (κ3) is 6.28. The first-order valence-electron chi connectivity index (χ1n) is 13.6. The predicted molar refractivity (Wildman–Crippen MR) is 157 cm³/mol. The molecule has 2 aromatic rings. The Labute approximate surface area is 240 Å². The number of rotatable bonds is 13. The number of nitrogens with zero attached hydrogens (tertiary/aromatic N) is 1. The van der Waals surface area contributed by atoms with Gasteiger partial charge in [-0.05, 0) is 44.0 Å². The summed E-state index contributed by atoms with van der Waals surface area (Å²) in [5, 5.41) is 5.78. The molecule has 0 spiro atoms. The smallest absolute Gasteiger partial charge is 0.240 e. The first kappa shape index (κ1) is 31.4. The molecule has 0 aromatic heterocycles. The molecule has 1 heterocycles. The summed E-state index contributed by atoms with van der Waals surface area (Å²) < 4.78 is 0. The van der Waals surface area contributed by atoms with Crippen molar-refractivity contribution in [1.82, 2.24) is 15.5 Å². The molecule has 1 aliphatic heterocycles. The lowest BCUT2D eigenvalue weighted by atomic mass is 9.69. The second kappa shape index (κ2) is 13.5. The van der Waals surface area contributed by atoms with Crippen molar-refractivity contribution in [3.05, 3.63) is 78.4 Å². The number of nitrogen functional groups attached to an aromatic ring is 1. The Hall–Kier alpha value is -4.15. The second-order valence-corrected chi connectivity index (χ2v) is 10.5. The van der Waals surface area contributed by atoms with Gasteiger partial charge in [-0.3, -0.25) is 19.2 Å². The first-order valence-corrected chi connectivity index (χ1v) is 13.6. The maximum Gasteiger partial charge on any atom is 0.240 e. The Morgan fingerprint density at radius 1 is 1.10 bits per heavy atom. The molecule has 6 N–H and O–H groups in total. The Balaban J connectivity index is 2.34. The molecule has 0 radical (unpaired) electrons. The number of benzene rings is 2. The van der Waals surface area contributed by atoms with Crippen LogP contribution in [0.3, 0.4) is 0 Å². The van der Waals surface area contributed by atoms with Crippen LogP contribution in [0.15, 0.2) is 67.3 Å². The third-order valence-electron chi connectivity index (χ3n) is 7.77. The number of anilines is 1. The molecule has 1 saturated heterocycles. The molecule has 10 nitrogen and oxygen atoms in total. The van der Waals surface area contributed by atoms with Gasteiger partial charge in [0.05, 0.1) is 24.0 Å². The number of ketones is 2. The highest BCUT2D eigenvalue weighted by atomic mass is 16.2. The fraction of sp³-hybridized carbons (Fsp3) is 0.387. The molecule has 0 bridgehead atoms. The summed E-state index contributed by atoms with van der Waals surface area (Å²) in [5.41, 5.74) is 10.0. The highest BCUT2D eigenvalue weighted by Gasteiger charge is 2.57. The van der Waals surface area contributed by atoms with Crippen molar-refractivity contribution in [2.45, 2.75) is 56.3 Å². The topological polar surface area (TPSA) is 165 Å². The number of hydrogen-bond donors (Lipinski definition) is 4. The van der Waals surface area contributed by atoms with Gasteiger partial charge in [-0.15, -0.1) is 6.58 Å². The monoisotopic (exact) mass is 561 g/mol. The lowest BCUT2D eigenvalue weighted by Gasteiger charge is -2.44. The van der Waals surface area contributed by atoms with E-state index in [0.717, 1.165) is 11.3 Å². The van der Waals surface area contributed by atoms with E-state index in [1.54, 1.807) is 49.4 Å². The van der Waals surface area contributed by atoms with Gasteiger partial charge in [0.15, 0.2) is 23.4 Å². The van der Waals surface area contributed by atoms with Crippen LogP contribution in [-0.4, -0.2) is 71.8 Å². The zero-order chi connectivity index (χ0) is 30.3. The molecule has 0 aliphatic carbocycles. The standard InChI is InChI=1S/C31H39N5O5/c1-5-19(2)26(35-29(40)20(3)32)27(38)25(21-12-7-6-8-13-21)31(18-37,28(39)22-14-9-10-15-23(22)33)36(4)30(41)24-16-11-17-34-24/h5-10,12-15,18-20,24-26,34H,1,11,16-17,32-33H2,2-4H3,(H,35,40)/t19?,20?,24?,25?,26?,31-/m0/s1. The van der Waals surface area contributed by atoms with E-state index in [9.17, 15) is 24.0 Å². The number of nitrogens with one attached hydrogen (secondary N) is 2. The minimum absolute atomic E-state index is 0.0136. The molecule has 1 fully saturated rings. The fourth-order valence-corrected chi connectivity index (χ4v) is 5.25. The Morgan fingerprint density at radius 2 is 1.73 bits per heavy atom. The number of likely N-dealkylation sites (N-methyl/N-ethyl adjacent to an activating group) is 1. The van der Waals surface area contributed by atoms with E-state index >= 15 is 0 Å². The number of amides is 2. The summed E-state index contributed by atoms with van der Waals surface area (Å²) >= 11 is 0. The highest BCUT2D eigenvalue weighted by molar-refractivity contribution is 6.21. The summed E-state index contributed by atoms with van der Waals surface area (Å²) in [6.07, 6.45) is 3.09. The third-order valence-corrected chi connectivity index (χ3v) is 7.77. The van der Waals surface area contributed by atoms with Crippen molar-refractivity contribution in [2.24, 2.45) is 11.7 Å². The number of Topliss-reactive ketones (excluding diaryl/α,β-unsaturated/α-hetero) is 2. The van der Waals surface area contributed by atoms with Gasteiger partial charge in [0.2, 0.25) is 11.8 Å². The molecule has 218 valence electrons. The second-order valence-electron chi connectivity index (χ2n) is 10.5. The average molecular weight is 562 g/mol. The van der Waals surface area contributed by atoms with Gasteiger partial charge in [0.1, 0.15) is 0 Å². The van der Waals surface area contributed by atoms with Crippen LogP contribution in [0.5, 0.6) is 0 Å². The summed E-state index contributed by atoms with van der Waals surface area (Å²) in [6, 6.07) is 11.7. The highest BCUT2D eigenvalue weighted by Crippen LogP contribution is 2.39. The molecular formula is C31H39N5O5. The molecule has 10 heteroatoms. The van der Waals surface area contributed by atoms with Crippen LogP contribution in [-0.2, 0) is 19.2 Å². The van der Waals surface area contributed by atoms with Crippen molar-refractivity contribution in [2.75, 3.05) is 19.3 Å². The zero-order valence-corrected chi connectivity index (χ0v) is 23.7. The molecule has 3 rings (SSSR count). The number of carbonyl (C=O) groups excluding carboxylic acids is 5. The van der Waals surface area contributed by atoms with Crippen LogP contribution in [0.1, 0.15) is 48.5 Å². The van der Waals surface area contributed by atoms with E-state index in [1.807, 2.05) is 0 Å². The lowest BCUT2D eigenvalue weighted by molar-refractivity contribution is -0.143. The Morgan fingerprint density at radius 3 is 2.27 bits per heavy atom. The normalized spacial score (nSPS) is 19.1. The predicted octanol–water partition coefficient (Wildman–Crippen LogP) is 1.61. The van der Waals surface area contributed by atoms with Crippen molar-refractivity contribution in [3.63, 3.8) is 0 Å². The summed E-state index contributed by atoms with van der Waals surface area (Å²) in [5.74, 6) is -4.73. The minimum atomic E-state index is -2.35. The molecule has 0 saturated carbocycles. The van der Waals surface area contributed by atoms with Gasteiger partial charge < -0.3 is 31.8 Å². The zero-order valence-electron chi connectivity index (χ0n) is 23.7. The Kier molecular flexibility index (Phi) is 10.3. The molecule has 2 aromatic carbocycles. The summed E-state index contributed by atoms with van der Waals surface area (Å²) in [4.78, 5) is 70.4. The van der Waals surface area contributed by atoms with Gasteiger partial charge in [-0.25, -0.2) is 0 Å². The molecule has 41 heavy (non-hydrogen) atoms. The fourth-order valence-electron chi connectivity index (χ4n) is 5.25. The number of para-hydroxylation sites is 1. The Bertz CT molecular complexity index is 1290. The molecule has 5 unspecified atom stereocenters. The van der Waals surface area contributed by atoms with E-state index in [2.05, 4.69) is 17.2 Å². The number of nitrogens with two attached hydrogens (primary N) is 2. The summed E-state index contributed by atoms with van der Waals surface area (Å²) in [7, 11) is 1.35. The lowest BCUT2D eigenvalue weighted by Crippen LogP contribution is -2.66. The van der Waals surface area contributed by atoms with Gasteiger partial charge in [-0.1, -0.05) is 55.5 Å². The molecule has 6 atom stereocenters. The van der Waals surface area contributed by atoms with E-state index in [0.29, 0.717) is 24.8 Å². The largest absolute Gasteiger partial charge is 0.398 e. The number of carbonyl (C=O) groups is 5. The summed E-state index contributed by atoms with van der Waals surface area (Å²) in [6.45, 7) is 7.53. The minimum Gasteiger partial charge on any atom is -0.398 e. The quantitative estimate of drug-likeness (QED) is 0.0942. The van der Waals surface area contributed by atoms with Crippen LogP contribution in [0.25, 0.3) is 0 Å². The van der Waals surface area contributed by atoms with Crippen molar-refractivity contribution in [1.29, 1.82) is 0 Å². The van der Waals surface area contributed by atoms with Gasteiger partial charge in [0.25, 0.3) is 0 Å². The first-order chi connectivity index (χ1) is 19.5. The average Bonchev–Trinajstić information content (AvgIpc) is 3.52. The van der Waals surface area contributed by atoms with Crippen molar-refractivity contribution < 1.29 is 24.0 Å². The van der Waals surface area contributed by atoms with E-state index in [1.165, 1.54) is 32.2 Å². The molecule has 1 aliphatic rings. The van der Waals surface area contributed by atoms with Gasteiger partial charge in [0, 0.05) is 24.2 Å². The van der Waals surface area contributed by atoms with Crippen LogP contribution in [0, 0.1) is 5.92 Å². The van der Waals surface area contributed by atoms with E-state index < -0.39 is 58.9 Å². The van der Waals surface area contributed by atoms with E-state index in [4.69, 9.17) is 11.5 Å². The number of aldehydes is 1. The SMILES string of the molecule is C=CC(C)C(NC(=O)C(C)N)C(=O)C(c1ccccc1)[C@@](C=O)(C(=O)c1ccccc1N)N(C)C(=O)C1CCCN1. The van der Waals surface area contributed by atoms with Crippen LogP contribution in [0.2, 0.25) is 0 Å². The molecular weight excluding hydrogens is 522 g/mol. The van der Waals surface area contributed by atoms with E-state index in [-0.39, 0.29) is 11.3 Å². The van der Waals surface area contributed by atoms with Crippen LogP contribution < -0.4 is 22.1 Å². The molecule has 2 amide bonds. The number of hydrogen-bond acceptors (Lipinski definition) is 8. The van der Waals surface area contributed by atoms with Gasteiger partial charge >= 0.3 is 0 Å². The maximum atomic E-state index is 14.7. The van der Waals surface area contributed by atoms with Crippen LogP contribution >= 0.6 is 0 Å².